The smallest absolute Gasteiger partial charge is 0.296 e. The molecule has 2 aromatic rings. The minimum Gasteiger partial charge on any atom is -0.496 e. The van der Waals surface area contributed by atoms with Gasteiger partial charge < -0.3 is 15.4 Å². The van der Waals surface area contributed by atoms with Crippen LogP contribution in [0.5, 0.6) is 5.75 Å². The van der Waals surface area contributed by atoms with E-state index < -0.39 is 16.9 Å². The number of likely N-dealkylation sites (N-methyl/N-ethyl adjacent to an activating group) is 1. The van der Waals surface area contributed by atoms with Gasteiger partial charge in [-0.1, -0.05) is 17.7 Å². The van der Waals surface area contributed by atoms with E-state index in [9.17, 15) is 19.7 Å². The van der Waals surface area contributed by atoms with Crippen LogP contribution >= 0.6 is 0 Å². The summed E-state index contributed by atoms with van der Waals surface area (Å²) in [5.41, 5.74) is 1.54. The molecule has 0 aromatic heterocycles. The molecule has 9 heteroatoms. The number of benzene rings is 2. The van der Waals surface area contributed by atoms with Gasteiger partial charge in [0.05, 0.1) is 30.7 Å². The number of anilines is 2. The van der Waals surface area contributed by atoms with Crippen molar-refractivity contribution < 1.29 is 19.2 Å². The molecule has 0 saturated heterocycles. The number of nitro benzene ring substituents is 1. The average molecular weight is 400 g/mol. The van der Waals surface area contributed by atoms with Gasteiger partial charge in [0.2, 0.25) is 11.8 Å². The van der Waals surface area contributed by atoms with E-state index in [4.69, 9.17) is 4.74 Å². The minimum absolute atomic E-state index is 0.0207. The second kappa shape index (κ2) is 9.65. The minimum atomic E-state index is -0.694. The van der Waals surface area contributed by atoms with E-state index in [2.05, 4.69) is 10.6 Å². The highest BCUT2D eigenvalue weighted by atomic mass is 16.6. The summed E-state index contributed by atoms with van der Waals surface area (Å²) >= 11 is 0. The van der Waals surface area contributed by atoms with E-state index in [1.54, 1.807) is 31.0 Å². The van der Waals surface area contributed by atoms with Crippen LogP contribution < -0.4 is 15.4 Å². The summed E-state index contributed by atoms with van der Waals surface area (Å²) in [7, 11) is 3.03. The zero-order valence-corrected chi connectivity index (χ0v) is 16.8. The van der Waals surface area contributed by atoms with Crippen molar-refractivity contribution in [3.63, 3.8) is 0 Å². The maximum absolute atomic E-state index is 12.5. The lowest BCUT2D eigenvalue weighted by Crippen LogP contribution is -2.43. The van der Waals surface area contributed by atoms with Crippen LogP contribution in [-0.4, -0.2) is 48.4 Å². The highest BCUT2D eigenvalue weighted by molar-refractivity contribution is 5.97. The van der Waals surface area contributed by atoms with Crippen LogP contribution in [0.15, 0.2) is 42.5 Å². The molecule has 2 rings (SSSR count). The SMILES string of the molecule is COc1ccc(NC(=O)[C@H](C)N(C)CC(=O)Nc2ccc(C)cc2)c([N+](=O)[O-])c1. The number of nitrogens with one attached hydrogen (secondary N) is 2. The summed E-state index contributed by atoms with van der Waals surface area (Å²) in [6, 6.07) is 10.8. The topological polar surface area (TPSA) is 114 Å². The summed E-state index contributed by atoms with van der Waals surface area (Å²) in [6.45, 7) is 3.55. The Balaban J connectivity index is 1.99. The number of nitro groups is 1. The summed E-state index contributed by atoms with van der Waals surface area (Å²) in [4.78, 5) is 36.9. The highest BCUT2D eigenvalue weighted by Crippen LogP contribution is 2.29. The third-order valence-electron chi connectivity index (χ3n) is 4.43. The second-order valence-electron chi connectivity index (χ2n) is 6.63. The van der Waals surface area contributed by atoms with Gasteiger partial charge in [-0.3, -0.25) is 24.6 Å². The molecule has 2 amide bonds. The van der Waals surface area contributed by atoms with Gasteiger partial charge in [0, 0.05) is 5.69 Å². The molecular weight excluding hydrogens is 376 g/mol. The van der Waals surface area contributed by atoms with Crippen LogP contribution in [0.3, 0.4) is 0 Å². The molecule has 0 spiro atoms. The first-order valence-electron chi connectivity index (χ1n) is 8.91. The van der Waals surface area contributed by atoms with Gasteiger partial charge >= 0.3 is 0 Å². The van der Waals surface area contributed by atoms with Gasteiger partial charge in [0.25, 0.3) is 5.69 Å². The third kappa shape index (κ3) is 6.01. The summed E-state index contributed by atoms with van der Waals surface area (Å²) in [5.74, 6) is -0.428. The number of nitrogens with zero attached hydrogens (tertiary/aromatic N) is 2. The number of ether oxygens (including phenoxy) is 1. The van der Waals surface area contributed by atoms with Crippen molar-refractivity contribution in [2.75, 3.05) is 31.3 Å². The van der Waals surface area contributed by atoms with E-state index in [1.165, 1.54) is 25.3 Å². The molecule has 0 bridgehead atoms. The Hall–Kier alpha value is -3.46. The molecule has 154 valence electrons. The molecule has 0 saturated carbocycles. The highest BCUT2D eigenvalue weighted by Gasteiger charge is 2.23. The number of rotatable bonds is 8. The zero-order valence-electron chi connectivity index (χ0n) is 16.8. The normalized spacial score (nSPS) is 11.6. The maximum Gasteiger partial charge on any atom is 0.296 e. The van der Waals surface area contributed by atoms with Crippen LogP contribution in [-0.2, 0) is 9.59 Å². The molecule has 29 heavy (non-hydrogen) atoms. The number of methoxy groups -OCH3 is 1. The van der Waals surface area contributed by atoms with E-state index in [-0.39, 0.29) is 23.8 Å². The van der Waals surface area contributed by atoms with Gasteiger partial charge in [-0.15, -0.1) is 0 Å². The Morgan fingerprint density at radius 1 is 1.17 bits per heavy atom. The number of amides is 2. The molecule has 0 aliphatic carbocycles. The molecule has 2 aromatic carbocycles. The average Bonchev–Trinajstić information content (AvgIpc) is 2.69. The Bertz CT molecular complexity index is 898. The first kappa shape index (κ1) is 21.8. The molecule has 0 aliphatic heterocycles. The number of hydrogen-bond donors (Lipinski definition) is 2. The molecule has 2 N–H and O–H groups in total. The predicted molar refractivity (Wildman–Crippen MR) is 110 cm³/mol. The monoisotopic (exact) mass is 400 g/mol. The van der Waals surface area contributed by atoms with Crippen LogP contribution in [0, 0.1) is 17.0 Å². The Labute approximate surface area is 168 Å². The van der Waals surface area contributed by atoms with Crippen LogP contribution in [0.25, 0.3) is 0 Å². The lowest BCUT2D eigenvalue weighted by atomic mass is 10.2. The molecule has 1 atom stereocenters. The van der Waals surface area contributed by atoms with Crippen molar-refractivity contribution in [1.29, 1.82) is 0 Å². The van der Waals surface area contributed by atoms with Gasteiger partial charge in [0.1, 0.15) is 11.4 Å². The van der Waals surface area contributed by atoms with Crippen LogP contribution in [0.1, 0.15) is 12.5 Å². The number of aryl methyl sites for hydroxylation is 1. The van der Waals surface area contributed by atoms with Crippen molar-refractivity contribution in [3.05, 3.63) is 58.1 Å². The molecule has 0 fully saturated rings. The Morgan fingerprint density at radius 3 is 2.41 bits per heavy atom. The predicted octanol–water partition coefficient (Wildman–Crippen LogP) is 2.81. The largest absolute Gasteiger partial charge is 0.496 e. The van der Waals surface area contributed by atoms with Crippen molar-refractivity contribution in [2.45, 2.75) is 19.9 Å². The fraction of sp³-hybridized carbons (Fsp3) is 0.300. The van der Waals surface area contributed by atoms with E-state index in [0.29, 0.717) is 11.4 Å². The number of hydrogen-bond acceptors (Lipinski definition) is 6. The summed E-state index contributed by atoms with van der Waals surface area (Å²) in [6.07, 6.45) is 0. The molecule has 0 unspecified atom stereocenters. The molecule has 0 heterocycles. The lowest BCUT2D eigenvalue weighted by Gasteiger charge is -2.23. The Morgan fingerprint density at radius 2 is 1.83 bits per heavy atom. The number of carbonyl (C=O) groups excluding carboxylic acids is 2. The lowest BCUT2D eigenvalue weighted by molar-refractivity contribution is -0.384. The van der Waals surface area contributed by atoms with Crippen molar-refractivity contribution in [3.8, 4) is 5.75 Å². The Kier molecular flexibility index (Phi) is 7.27. The number of carbonyl (C=O) groups is 2. The van der Waals surface area contributed by atoms with Crippen LogP contribution in [0.4, 0.5) is 17.1 Å². The van der Waals surface area contributed by atoms with Gasteiger partial charge in [0.15, 0.2) is 0 Å². The standard InChI is InChI=1S/C20H24N4O5/c1-13-5-7-15(8-6-13)21-19(25)12-23(3)14(2)20(26)22-17-10-9-16(29-4)11-18(17)24(27)28/h5-11,14H,12H2,1-4H3,(H,21,25)(H,22,26)/t14-/m0/s1. The first-order chi connectivity index (χ1) is 13.7. The molecule has 9 nitrogen and oxygen atoms in total. The van der Waals surface area contributed by atoms with Crippen molar-refractivity contribution in [2.24, 2.45) is 0 Å². The molecule has 0 aliphatic rings. The fourth-order valence-corrected chi connectivity index (χ4v) is 2.53. The van der Waals surface area contributed by atoms with Gasteiger partial charge in [-0.05, 0) is 45.2 Å². The van der Waals surface area contributed by atoms with E-state index in [1.807, 2.05) is 19.1 Å². The maximum atomic E-state index is 12.5. The summed E-state index contributed by atoms with van der Waals surface area (Å²) < 4.78 is 4.98. The van der Waals surface area contributed by atoms with Crippen molar-refractivity contribution in [1.82, 2.24) is 4.90 Å². The molecule has 0 radical (unpaired) electrons. The van der Waals surface area contributed by atoms with Gasteiger partial charge in [-0.25, -0.2) is 0 Å². The summed E-state index contributed by atoms with van der Waals surface area (Å²) in [5, 5.41) is 16.6. The fourth-order valence-electron chi connectivity index (χ4n) is 2.53. The molecular formula is C20H24N4O5. The second-order valence-corrected chi connectivity index (χ2v) is 6.63. The van der Waals surface area contributed by atoms with Crippen LogP contribution in [0.2, 0.25) is 0 Å². The quantitative estimate of drug-likeness (QED) is 0.520. The third-order valence-corrected chi connectivity index (χ3v) is 4.43. The van der Waals surface area contributed by atoms with Gasteiger partial charge in [-0.2, -0.15) is 0 Å². The van der Waals surface area contributed by atoms with E-state index in [0.717, 1.165) is 5.56 Å². The van der Waals surface area contributed by atoms with Crippen molar-refractivity contribution >= 4 is 28.9 Å². The first-order valence-corrected chi connectivity index (χ1v) is 8.91. The zero-order chi connectivity index (χ0) is 21.6. The van der Waals surface area contributed by atoms with E-state index >= 15 is 0 Å².